The first-order valence-corrected chi connectivity index (χ1v) is 6.60. The number of rotatable bonds is 8. The highest BCUT2D eigenvalue weighted by Crippen LogP contribution is 2.14. The van der Waals surface area contributed by atoms with Crippen molar-refractivity contribution in [1.82, 2.24) is 0 Å². The Morgan fingerprint density at radius 2 is 2.06 bits per heavy atom. The van der Waals surface area contributed by atoms with Gasteiger partial charge in [0.05, 0.1) is 11.6 Å². The van der Waals surface area contributed by atoms with E-state index in [0.717, 1.165) is 49.4 Å². The van der Waals surface area contributed by atoms with Crippen LogP contribution in [0.1, 0.15) is 37.3 Å². The van der Waals surface area contributed by atoms with Gasteiger partial charge in [-0.3, -0.25) is 0 Å². The maximum Gasteiger partial charge on any atom is 0.0994 e. The van der Waals surface area contributed by atoms with Crippen molar-refractivity contribution in [2.75, 3.05) is 25.1 Å². The monoisotopic (exact) mass is 246 g/mol. The second-order valence-corrected chi connectivity index (χ2v) is 4.39. The normalized spacial score (nSPS) is 10.1. The average molecular weight is 246 g/mol. The lowest BCUT2D eigenvalue weighted by atomic mass is 10.1. The molecular formula is C15H22N2O. The molecule has 0 saturated heterocycles. The molecular weight excluding hydrogens is 224 g/mol. The van der Waals surface area contributed by atoms with Crippen LogP contribution >= 0.6 is 0 Å². The standard InChI is InChI=1S/C15H22N2O/c1-3-4-9-18-10-5-8-17-15-7-6-14(12-16)13(2)11-15/h6-7,11,17H,3-5,8-10H2,1-2H3. The van der Waals surface area contributed by atoms with Gasteiger partial charge < -0.3 is 10.1 Å². The van der Waals surface area contributed by atoms with Crippen LogP contribution < -0.4 is 5.32 Å². The molecule has 0 unspecified atom stereocenters. The molecule has 0 atom stereocenters. The summed E-state index contributed by atoms with van der Waals surface area (Å²) in [6.07, 6.45) is 3.33. The Bertz CT molecular complexity index is 396. The number of nitrogens with zero attached hydrogens (tertiary/aromatic N) is 1. The van der Waals surface area contributed by atoms with Crippen molar-refractivity contribution in [3.63, 3.8) is 0 Å². The van der Waals surface area contributed by atoms with Gasteiger partial charge in [0.25, 0.3) is 0 Å². The lowest BCUT2D eigenvalue weighted by Crippen LogP contribution is -2.06. The van der Waals surface area contributed by atoms with Gasteiger partial charge in [0, 0.05) is 25.4 Å². The van der Waals surface area contributed by atoms with Crippen molar-refractivity contribution in [3.05, 3.63) is 29.3 Å². The van der Waals surface area contributed by atoms with Crippen LogP contribution in [-0.4, -0.2) is 19.8 Å². The van der Waals surface area contributed by atoms with E-state index in [1.54, 1.807) is 0 Å². The molecule has 0 bridgehead atoms. The van der Waals surface area contributed by atoms with E-state index < -0.39 is 0 Å². The molecule has 0 radical (unpaired) electrons. The van der Waals surface area contributed by atoms with Gasteiger partial charge in [-0.1, -0.05) is 13.3 Å². The second-order valence-electron chi connectivity index (χ2n) is 4.39. The molecule has 0 aliphatic heterocycles. The zero-order chi connectivity index (χ0) is 13.2. The molecule has 1 aromatic rings. The van der Waals surface area contributed by atoms with Crippen LogP contribution in [0.4, 0.5) is 5.69 Å². The first-order valence-electron chi connectivity index (χ1n) is 6.60. The topological polar surface area (TPSA) is 45.0 Å². The molecule has 0 saturated carbocycles. The zero-order valence-electron chi connectivity index (χ0n) is 11.3. The van der Waals surface area contributed by atoms with Crippen molar-refractivity contribution in [2.24, 2.45) is 0 Å². The number of hydrogen-bond donors (Lipinski definition) is 1. The number of nitrogens with one attached hydrogen (secondary N) is 1. The SMILES string of the molecule is CCCCOCCCNc1ccc(C#N)c(C)c1. The molecule has 0 fully saturated rings. The van der Waals surface area contributed by atoms with Gasteiger partial charge in [-0.25, -0.2) is 0 Å². The van der Waals surface area contributed by atoms with Gasteiger partial charge >= 0.3 is 0 Å². The molecule has 1 rings (SSSR count). The third-order valence-corrected chi connectivity index (χ3v) is 2.78. The number of unbranched alkanes of at least 4 members (excludes halogenated alkanes) is 1. The number of anilines is 1. The number of ether oxygens (including phenoxy) is 1. The summed E-state index contributed by atoms with van der Waals surface area (Å²) in [6, 6.07) is 7.99. The minimum absolute atomic E-state index is 0.739. The van der Waals surface area contributed by atoms with Crippen LogP contribution in [0, 0.1) is 18.3 Å². The summed E-state index contributed by atoms with van der Waals surface area (Å²) < 4.78 is 5.49. The Labute approximate surface area is 110 Å². The van der Waals surface area contributed by atoms with Crippen LogP contribution in [0.3, 0.4) is 0 Å². The van der Waals surface area contributed by atoms with E-state index in [4.69, 9.17) is 10.00 Å². The Morgan fingerprint density at radius 3 is 2.72 bits per heavy atom. The van der Waals surface area contributed by atoms with Gasteiger partial charge in [0.2, 0.25) is 0 Å². The van der Waals surface area contributed by atoms with Gasteiger partial charge in [-0.2, -0.15) is 5.26 Å². The predicted octanol–water partition coefficient (Wildman–Crippen LogP) is 3.49. The summed E-state index contributed by atoms with van der Waals surface area (Å²) in [6.45, 7) is 6.70. The summed E-state index contributed by atoms with van der Waals surface area (Å²) in [4.78, 5) is 0. The summed E-state index contributed by atoms with van der Waals surface area (Å²) in [5, 5.41) is 12.2. The lowest BCUT2D eigenvalue weighted by molar-refractivity contribution is 0.131. The fraction of sp³-hybridized carbons (Fsp3) is 0.533. The van der Waals surface area contributed by atoms with Gasteiger partial charge in [0.15, 0.2) is 0 Å². The van der Waals surface area contributed by atoms with E-state index in [1.165, 1.54) is 6.42 Å². The van der Waals surface area contributed by atoms with E-state index in [0.29, 0.717) is 0 Å². The highest BCUT2D eigenvalue weighted by Gasteiger charge is 1.98. The molecule has 18 heavy (non-hydrogen) atoms. The van der Waals surface area contributed by atoms with E-state index in [9.17, 15) is 0 Å². The smallest absolute Gasteiger partial charge is 0.0994 e. The predicted molar refractivity (Wildman–Crippen MR) is 74.7 cm³/mol. The van der Waals surface area contributed by atoms with Crippen molar-refractivity contribution < 1.29 is 4.74 Å². The Morgan fingerprint density at radius 1 is 1.28 bits per heavy atom. The van der Waals surface area contributed by atoms with Gasteiger partial charge in [0.1, 0.15) is 0 Å². The van der Waals surface area contributed by atoms with Crippen LogP contribution in [0.2, 0.25) is 0 Å². The Balaban J connectivity index is 2.20. The van der Waals surface area contributed by atoms with Crippen molar-refractivity contribution in [1.29, 1.82) is 5.26 Å². The van der Waals surface area contributed by atoms with Crippen LogP contribution in [0.5, 0.6) is 0 Å². The summed E-state index contributed by atoms with van der Waals surface area (Å²) in [5.41, 5.74) is 2.82. The molecule has 3 nitrogen and oxygen atoms in total. The molecule has 0 spiro atoms. The first kappa shape index (κ1) is 14.5. The Kier molecular flexibility index (Phi) is 6.90. The minimum Gasteiger partial charge on any atom is -0.385 e. The largest absolute Gasteiger partial charge is 0.385 e. The first-order chi connectivity index (χ1) is 8.77. The molecule has 1 N–H and O–H groups in total. The maximum atomic E-state index is 8.84. The highest BCUT2D eigenvalue weighted by atomic mass is 16.5. The third kappa shape index (κ3) is 5.20. The molecule has 0 aromatic heterocycles. The zero-order valence-corrected chi connectivity index (χ0v) is 11.3. The molecule has 1 aromatic carbocycles. The quantitative estimate of drug-likeness (QED) is 0.714. The minimum atomic E-state index is 0.739. The molecule has 0 aliphatic rings. The van der Waals surface area contributed by atoms with Crippen LogP contribution in [0.15, 0.2) is 18.2 Å². The van der Waals surface area contributed by atoms with Crippen molar-refractivity contribution in [3.8, 4) is 6.07 Å². The van der Waals surface area contributed by atoms with Gasteiger partial charge in [-0.05, 0) is 43.5 Å². The molecule has 98 valence electrons. The van der Waals surface area contributed by atoms with Crippen molar-refractivity contribution >= 4 is 5.69 Å². The summed E-state index contributed by atoms with van der Waals surface area (Å²) in [7, 11) is 0. The van der Waals surface area contributed by atoms with Crippen LogP contribution in [-0.2, 0) is 4.74 Å². The average Bonchev–Trinajstić information content (AvgIpc) is 2.38. The van der Waals surface area contributed by atoms with Gasteiger partial charge in [-0.15, -0.1) is 0 Å². The second kappa shape index (κ2) is 8.54. The fourth-order valence-electron chi connectivity index (χ4n) is 1.65. The van der Waals surface area contributed by atoms with E-state index >= 15 is 0 Å². The number of hydrogen-bond acceptors (Lipinski definition) is 3. The number of nitriles is 1. The molecule has 0 heterocycles. The maximum absolute atomic E-state index is 8.84. The third-order valence-electron chi connectivity index (χ3n) is 2.78. The molecule has 0 aliphatic carbocycles. The molecule has 3 heteroatoms. The molecule has 0 amide bonds. The fourth-order valence-corrected chi connectivity index (χ4v) is 1.65. The van der Waals surface area contributed by atoms with E-state index in [2.05, 4.69) is 18.3 Å². The number of benzene rings is 1. The number of aryl methyl sites for hydroxylation is 1. The van der Waals surface area contributed by atoms with E-state index in [1.807, 2.05) is 25.1 Å². The van der Waals surface area contributed by atoms with Crippen LogP contribution in [0.25, 0.3) is 0 Å². The van der Waals surface area contributed by atoms with Crippen molar-refractivity contribution in [2.45, 2.75) is 33.1 Å². The summed E-state index contributed by atoms with van der Waals surface area (Å²) >= 11 is 0. The summed E-state index contributed by atoms with van der Waals surface area (Å²) in [5.74, 6) is 0. The lowest BCUT2D eigenvalue weighted by Gasteiger charge is -2.08. The highest BCUT2D eigenvalue weighted by molar-refractivity contribution is 5.51. The Hall–Kier alpha value is -1.53. The van der Waals surface area contributed by atoms with E-state index in [-0.39, 0.29) is 0 Å².